The highest BCUT2D eigenvalue weighted by Crippen LogP contribution is 2.19. The Hall–Kier alpha value is -0.620. The lowest BCUT2D eigenvalue weighted by Gasteiger charge is -2.28. The van der Waals surface area contributed by atoms with Gasteiger partial charge in [-0.25, -0.2) is 0 Å². The Morgan fingerprint density at radius 2 is 2.06 bits per heavy atom. The zero-order valence-corrected chi connectivity index (χ0v) is 12.6. The topological polar surface area (TPSA) is 38.3 Å². The molecule has 4 heteroatoms. The van der Waals surface area contributed by atoms with Gasteiger partial charge in [0.15, 0.2) is 0 Å². The second-order valence-electron chi connectivity index (χ2n) is 4.69. The third-order valence-electron chi connectivity index (χ3n) is 3.45. The minimum absolute atomic E-state index is 0.0268. The monoisotopic (exact) mass is 359 g/mol. The van der Waals surface area contributed by atoms with Crippen LogP contribution in [0.3, 0.4) is 0 Å². The molecule has 3 nitrogen and oxygen atoms in total. The summed E-state index contributed by atoms with van der Waals surface area (Å²) in [5.41, 5.74) is 0.761. The largest absolute Gasteiger partial charge is 0.381 e. The molecule has 1 aromatic carbocycles. The number of nitrogens with one attached hydrogen (secondary N) is 1. The molecular formula is C14H18INO2. The highest BCUT2D eigenvalue weighted by Gasteiger charge is 2.22. The van der Waals surface area contributed by atoms with E-state index < -0.39 is 0 Å². The molecule has 0 bridgehead atoms. The second-order valence-corrected chi connectivity index (χ2v) is 5.85. The molecule has 0 spiro atoms. The van der Waals surface area contributed by atoms with Gasteiger partial charge in [0, 0.05) is 22.8 Å². The number of ether oxygens (including phenoxy) is 1. The van der Waals surface area contributed by atoms with E-state index in [2.05, 4.69) is 34.8 Å². The summed E-state index contributed by atoms with van der Waals surface area (Å²) in [6, 6.07) is 7.87. The number of benzene rings is 1. The zero-order chi connectivity index (χ0) is 13.0. The van der Waals surface area contributed by atoms with Gasteiger partial charge in [0.05, 0.1) is 5.56 Å². The summed E-state index contributed by atoms with van der Waals surface area (Å²) in [6.45, 7) is 3.71. The van der Waals surface area contributed by atoms with E-state index in [1.807, 2.05) is 24.3 Å². The first-order chi connectivity index (χ1) is 8.68. The Bertz CT molecular complexity index is 416. The van der Waals surface area contributed by atoms with Crippen molar-refractivity contribution in [3.63, 3.8) is 0 Å². The zero-order valence-electron chi connectivity index (χ0n) is 10.5. The predicted octanol–water partition coefficient (Wildman–Crippen LogP) is 2.84. The molecule has 1 saturated heterocycles. The molecule has 1 aliphatic rings. The average Bonchev–Trinajstić information content (AvgIpc) is 2.40. The van der Waals surface area contributed by atoms with Gasteiger partial charge in [-0.1, -0.05) is 12.1 Å². The molecule has 0 saturated carbocycles. The van der Waals surface area contributed by atoms with E-state index in [0.717, 1.165) is 35.2 Å². The van der Waals surface area contributed by atoms with Crippen LogP contribution in [0.25, 0.3) is 0 Å². The van der Waals surface area contributed by atoms with Crippen molar-refractivity contribution in [2.24, 2.45) is 5.92 Å². The van der Waals surface area contributed by atoms with Gasteiger partial charge in [0.1, 0.15) is 0 Å². The van der Waals surface area contributed by atoms with E-state index in [-0.39, 0.29) is 11.9 Å². The fourth-order valence-corrected chi connectivity index (χ4v) is 2.90. The lowest BCUT2D eigenvalue weighted by Crippen LogP contribution is -2.40. The van der Waals surface area contributed by atoms with Crippen molar-refractivity contribution in [2.45, 2.75) is 25.8 Å². The number of rotatable bonds is 3. The van der Waals surface area contributed by atoms with E-state index in [0.29, 0.717) is 5.92 Å². The number of carbonyl (C=O) groups is 1. The number of halogens is 1. The van der Waals surface area contributed by atoms with Crippen LogP contribution in [0.15, 0.2) is 24.3 Å². The molecule has 0 aliphatic carbocycles. The van der Waals surface area contributed by atoms with Crippen LogP contribution in [-0.4, -0.2) is 25.2 Å². The minimum atomic E-state index is 0.0268. The molecule has 1 atom stereocenters. The maximum atomic E-state index is 12.2. The molecule has 0 aromatic heterocycles. The van der Waals surface area contributed by atoms with Crippen LogP contribution >= 0.6 is 22.6 Å². The summed E-state index contributed by atoms with van der Waals surface area (Å²) in [7, 11) is 0. The third-order valence-corrected chi connectivity index (χ3v) is 4.39. The molecular weight excluding hydrogens is 341 g/mol. The summed E-state index contributed by atoms with van der Waals surface area (Å²) >= 11 is 2.20. The van der Waals surface area contributed by atoms with Gasteiger partial charge >= 0.3 is 0 Å². The number of amides is 1. The van der Waals surface area contributed by atoms with Crippen molar-refractivity contribution in [2.75, 3.05) is 13.2 Å². The lowest BCUT2D eigenvalue weighted by molar-refractivity contribution is 0.0538. The van der Waals surface area contributed by atoms with Gasteiger partial charge in [-0.15, -0.1) is 0 Å². The standard InChI is InChI=1S/C14H18INO2/c1-10(11-6-8-18-9-7-11)16-14(17)12-4-2-3-5-13(12)15/h2-5,10-11H,6-9H2,1H3,(H,16,17). The van der Waals surface area contributed by atoms with Crippen LogP contribution < -0.4 is 5.32 Å². The lowest BCUT2D eigenvalue weighted by atomic mass is 9.93. The van der Waals surface area contributed by atoms with E-state index in [9.17, 15) is 4.79 Å². The quantitative estimate of drug-likeness (QED) is 0.843. The Balaban J connectivity index is 1.96. The maximum Gasteiger partial charge on any atom is 0.252 e. The Morgan fingerprint density at radius 3 is 2.72 bits per heavy atom. The fourth-order valence-electron chi connectivity index (χ4n) is 2.26. The summed E-state index contributed by atoms with van der Waals surface area (Å²) in [5.74, 6) is 0.558. The molecule has 98 valence electrons. The normalized spacial score (nSPS) is 18.3. The molecule has 0 radical (unpaired) electrons. The van der Waals surface area contributed by atoms with Gasteiger partial charge in [0.2, 0.25) is 0 Å². The van der Waals surface area contributed by atoms with Gasteiger partial charge in [-0.05, 0) is 60.4 Å². The van der Waals surface area contributed by atoms with Gasteiger partial charge in [-0.2, -0.15) is 0 Å². The van der Waals surface area contributed by atoms with E-state index in [1.54, 1.807) is 0 Å². The third kappa shape index (κ3) is 3.45. The minimum Gasteiger partial charge on any atom is -0.381 e. The molecule has 1 aromatic rings. The van der Waals surface area contributed by atoms with Crippen LogP contribution in [0.4, 0.5) is 0 Å². The van der Waals surface area contributed by atoms with Gasteiger partial charge in [-0.3, -0.25) is 4.79 Å². The Morgan fingerprint density at radius 1 is 1.39 bits per heavy atom. The van der Waals surface area contributed by atoms with Crippen molar-refractivity contribution < 1.29 is 9.53 Å². The molecule has 1 heterocycles. The van der Waals surface area contributed by atoms with E-state index >= 15 is 0 Å². The first-order valence-electron chi connectivity index (χ1n) is 6.31. The van der Waals surface area contributed by atoms with E-state index in [1.165, 1.54) is 0 Å². The second kappa shape index (κ2) is 6.52. The summed E-state index contributed by atoms with van der Waals surface area (Å²) in [4.78, 5) is 12.2. The molecule has 1 fully saturated rings. The van der Waals surface area contributed by atoms with Gasteiger partial charge in [0.25, 0.3) is 5.91 Å². The SMILES string of the molecule is CC(NC(=O)c1ccccc1I)C1CCOCC1. The van der Waals surface area contributed by atoms with Gasteiger partial charge < -0.3 is 10.1 Å². The van der Waals surface area contributed by atoms with Crippen LogP contribution in [0, 0.1) is 9.49 Å². The van der Waals surface area contributed by atoms with Crippen LogP contribution in [0.5, 0.6) is 0 Å². The van der Waals surface area contributed by atoms with Crippen molar-refractivity contribution in [3.05, 3.63) is 33.4 Å². The number of hydrogen-bond acceptors (Lipinski definition) is 2. The Labute approximate surface area is 121 Å². The summed E-state index contributed by atoms with van der Waals surface area (Å²) in [6.07, 6.45) is 2.07. The smallest absolute Gasteiger partial charge is 0.252 e. The highest BCUT2D eigenvalue weighted by atomic mass is 127. The number of hydrogen-bond donors (Lipinski definition) is 1. The van der Waals surface area contributed by atoms with Crippen molar-refractivity contribution in [3.8, 4) is 0 Å². The van der Waals surface area contributed by atoms with Crippen molar-refractivity contribution in [1.29, 1.82) is 0 Å². The van der Waals surface area contributed by atoms with Crippen molar-refractivity contribution in [1.82, 2.24) is 5.32 Å². The average molecular weight is 359 g/mol. The Kier molecular flexibility index (Phi) is 5.00. The first kappa shape index (κ1) is 13.8. The van der Waals surface area contributed by atoms with E-state index in [4.69, 9.17) is 4.74 Å². The maximum absolute atomic E-state index is 12.2. The molecule has 1 aliphatic heterocycles. The fraction of sp³-hybridized carbons (Fsp3) is 0.500. The number of carbonyl (C=O) groups excluding carboxylic acids is 1. The molecule has 2 rings (SSSR count). The molecule has 18 heavy (non-hydrogen) atoms. The molecule has 1 unspecified atom stereocenters. The summed E-state index contributed by atoms with van der Waals surface area (Å²) in [5, 5.41) is 3.11. The van der Waals surface area contributed by atoms with Crippen LogP contribution in [-0.2, 0) is 4.74 Å². The molecule has 1 amide bonds. The predicted molar refractivity (Wildman–Crippen MR) is 79.6 cm³/mol. The van der Waals surface area contributed by atoms with Crippen LogP contribution in [0.2, 0.25) is 0 Å². The summed E-state index contributed by atoms with van der Waals surface area (Å²) < 4.78 is 6.34. The molecule has 1 N–H and O–H groups in total. The first-order valence-corrected chi connectivity index (χ1v) is 7.39. The highest BCUT2D eigenvalue weighted by molar-refractivity contribution is 14.1. The van der Waals surface area contributed by atoms with Crippen molar-refractivity contribution >= 4 is 28.5 Å². The van der Waals surface area contributed by atoms with Crippen LogP contribution in [0.1, 0.15) is 30.1 Å².